The number of nitrogens with one attached hydrogen (secondary N) is 2. The number of ether oxygens (including phenoxy) is 2. The zero-order valence-corrected chi connectivity index (χ0v) is 19.1. The number of piperidine rings is 1. The molecule has 0 spiro atoms. The van der Waals surface area contributed by atoms with E-state index < -0.39 is 0 Å². The summed E-state index contributed by atoms with van der Waals surface area (Å²) in [4.78, 5) is 34.9. The first-order valence-electron chi connectivity index (χ1n) is 9.60. The largest absolute Gasteiger partial charge is 0.462 e. The summed E-state index contributed by atoms with van der Waals surface area (Å²) in [5, 5.41) is 4.44. The van der Waals surface area contributed by atoms with Crippen LogP contribution in [0.5, 0.6) is 0 Å². The summed E-state index contributed by atoms with van der Waals surface area (Å²) in [6.07, 6.45) is 0. The van der Waals surface area contributed by atoms with E-state index in [1.807, 2.05) is 0 Å². The molecule has 4 rings (SSSR count). The minimum atomic E-state index is -0.375. The number of hydrogen-bond donors (Lipinski definition) is 2. The van der Waals surface area contributed by atoms with Crippen molar-refractivity contribution in [2.45, 2.75) is 26.5 Å². The summed E-state index contributed by atoms with van der Waals surface area (Å²) in [6, 6.07) is 0.0927. The van der Waals surface area contributed by atoms with Crippen LogP contribution in [0.25, 0.3) is 0 Å². The molecule has 2 aliphatic rings. The van der Waals surface area contributed by atoms with E-state index in [0.717, 1.165) is 18.2 Å². The number of methoxy groups -OCH3 is 1. The number of aromatic amines is 1. The summed E-state index contributed by atoms with van der Waals surface area (Å²) in [6.45, 7) is 5.62. The third kappa shape index (κ3) is 3.79. The fraction of sp³-hybridized carbons (Fsp3) is 0.526. The first kappa shape index (κ1) is 21.4. The third-order valence-corrected chi connectivity index (χ3v) is 7.56. The molecule has 2 fully saturated rings. The van der Waals surface area contributed by atoms with Crippen molar-refractivity contribution in [2.75, 3.05) is 31.7 Å². The number of amides is 1. The predicted octanol–water partition coefficient (Wildman–Crippen LogP) is 3.27. The third-order valence-electron chi connectivity index (χ3n) is 5.47. The molecule has 3 heterocycles. The molecular weight excluding hydrogens is 451 g/mol. The van der Waals surface area contributed by atoms with Crippen molar-refractivity contribution in [3.63, 3.8) is 0 Å². The summed E-state index contributed by atoms with van der Waals surface area (Å²) in [7, 11) is 1.57. The maximum Gasteiger partial charge on any atom is 0.350 e. The zero-order chi connectivity index (χ0) is 21.6. The number of hydrogen-bond acceptors (Lipinski definition) is 7. The molecule has 1 aliphatic carbocycles. The lowest BCUT2D eigenvalue weighted by Gasteiger charge is -2.19. The van der Waals surface area contributed by atoms with Gasteiger partial charge in [0, 0.05) is 43.8 Å². The van der Waals surface area contributed by atoms with E-state index in [0.29, 0.717) is 45.4 Å². The van der Waals surface area contributed by atoms with Gasteiger partial charge in [0.1, 0.15) is 10.6 Å². The Hall–Kier alpha value is -1.81. The van der Waals surface area contributed by atoms with Crippen LogP contribution in [0.15, 0.2) is 0 Å². The van der Waals surface area contributed by atoms with Gasteiger partial charge in [-0.15, -0.1) is 0 Å². The van der Waals surface area contributed by atoms with Gasteiger partial charge in [-0.05, 0) is 13.8 Å². The van der Waals surface area contributed by atoms with E-state index in [9.17, 15) is 9.59 Å². The highest BCUT2D eigenvalue weighted by Gasteiger charge is 2.57. The van der Waals surface area contributed by atoms with Crippen molar-refractivity contribution in [3.05, 3.63) is 32.0 Å². The second-order valence-electron chi connectivity index (χ2n) is 7.41. The molecule has 2 N–H and O–H groups in total. The molecule has 8 nitrogen and oxygen atoms in total. The van der Waals surface area contributed by atoms with E-state index in [2.05, 4.69) is 20.2 Å². The average Bonchev–Trinajstić information content (AvgIpc) is 3.09. The number of thiazole rings is 1. The van der Waals surface area contributed by atoms with Crippen LogP contribution in [-0.2, 0) is 16.1 Å². The number of aromatic nitrogens is 2. The number of anilines is 1. The van der Waals surface area contributed by atoms with Crippen LogP contribution in [0.1, 0.15) is 38.5 Å². The van der Waals surface area contributed by atoms with Crippen molar-refractivity contribution < 1.29 is 19.1 Å². The maximum atomic E-state index is 12.5. The monoisotopic (exact) mass is 472 g/mol. The standard InChI is InChI=1S/C19H22Cl2N4O4S/c1-4-29-18(27)16-11(7-28-3)23-19(30-16)25-5-9-10(6-25)14(9)24-17(26)15-13(21)12(20)8(2)22-15/h9-10,14,22H,4-7H2,1-3H3,(H,24,26)/t9-,10+,14?. The van der Waals surface area contributed by atoms with Crippen molar-refractivity contribution in [2.24, 2.45) is 11.8 Å². The number of carbonyl (C=O) groups is 2. The second-order valence-corrected chi connectivity index (χ2v) is 9.14. The SMILES string of the molecule is CCOC(=O)c1sc(N2C[C@@H]3C(NC(=O)c4[nH]c(C)c(Cl)c4Cl)[C@@H]3C2)nc1COC. The molecule has 2 aromatic rings. The Morgan fingerprint density at radius 1 is 1.30 bits per heavy atom. The quantitative estimate of drug-likeness (QED) is 0.600. The number of H-pyrrole nitrogens is 1. The van der Waals surface area contributed by atoms with E-state index in [4.69, 9.17) is 32.7 Å². The lowest BCUT2D eigenvalue weighted by molar-refractivity contribution is 0.0527. The molecule has 0 bridgehead atoms. The van der Waals surface area contributed by atoms with E-state index in [1.165, 1.54) is 11.3 Å². The number of halogens is 2. The van der Waals surface area contributed by atoms with Crippen molar-refractivity contribution in [1.29, 1.82) is 0 Å². The van der Waals surface area contributed by atoms with Gasteiger partial charge in [-0.25, -0.2) is 9.78 Å². The Bertz CT molecular complexity index is 980. The van der Waals surface area contributed by atoms with E-state index in [1.54, 1.807) is 21.0 Å². The van der Waals surface area contributed by atoms with Gasteiger partial charge in [0.2, 0.25) is 0 Å². The first-order valence-corrected chi connectivity index (χ1v) is 11.2. The molecule has 3 atom stereocenters. The van der Waals surface area contributed by atoms with Gasteiger partial charge in [0.05, 0.1) is 29.0 Å². The number of aryl methyl sites for hydroxylation is 1. The van der Waals surface area contributed by atoms with Crippen molar-refractivity contribution in [1.82, 2.24) is 15.3 Å². The minimum Gasteiger partial charge on any atom is -0.462 e. The molecule has 0 radical (unpaired) electrons. The summed E-state index contributed by atoms with van der Waals surface area (Å²) >= 11 is 13.5. The smallest absolute Gasteiger partial charge is 0.350 e. The highest BCUT2D eigenvalue weighted by Crippen LogP contribution is 2.48. The van der Waals surface area contributed by atoms with Gasteiger partial charge in [-0.2, -0.15) is 0 Å². The first-order chi connectivity index (χ1) is 14.3. The van der Waals surface area contributed by atoms with Gasteiger partial charge in [0.25, 0.3) is 5.91 Å². The Morgan fingerprint density at radius 2 is 2.00 bits per heavy atom. The Kier molecular flexibility index (Phi) is 5.98. The summed E-state index contributed by atoms with van der Waals surface area (Å²) in [5.74, 6) is 0.0434. The fourth-order valence-corrected chi connectivity index (χ4v) is 5.31. The number of nitrogens with zero attached hydrogens (tertiary/aromatic N) is 2. The van der Waals surface area contributed by atoms with Crippen LogP contribution >= 0.6 is 34.5 Å². The molecule has 1 saturated heterocycles. The average molecular weight is 473 g/mol. The molecule has 30 heavy (non-hydrogen) atoms. The van der Waals surface area contributed by atoms with Crippen LogP contribution < -0.4 is 10.2 Å². The van der Waals surface area contributed by atoms with Gasteiger partial charge >= 0.3 is 5.97 Å². The second kappa shape index (κ2) is 8.37. The fourth-order valence-electron chi connectivity index (χ4n) is 3.91. The molecule has 1 aliphatic heterocycles. The molecular formula is C19H22Cl2N4O4S. The zero-order valence-electron chi connectivity index (χ0n) is 16.8. The minimum absolute atomic E-state index is 0.0927. The van der Waals surface area contributed by atoms with Crippen LogP contribution in [-0.4, -0.2) is 54.7 Å². The van der Waals surface area contributed by atoms with Crippen LogP contribution in [0.2, 0.25) is 10.0 Å². The van der Waals surface area contributed by atoms with Crippen molar-refractivity contribution >= 4 is 51.5 Å². The topological polar surface area (TPSA) is 96.6 Å². The highest BCUT2D eigenvalue weighted by atomic mass is 35.5. The molecule has 0 aromatic carbocycles. The van der Waals surface area contributed by atoms with Gasteiger partial charge < -0.3 is 24.7 Å². The highest BCUT2D eigenvalue weighted by molar-refractivity contribution is 7.17. The van der Waals surface area contributed by atoms with E-state index >= 15 is 0 Å². The summed E-state index contributed by atoms with van der Waals surface area (Å²) in [5.41, 5.74) is 1.56. The number of rotatable bonds is 7. The van der Waals surface area contributed by atoms with Crippen LogP contribution in [0.3, 0.4) is 0 Å². The molecule has 1 amide bonds. The lowest BCUT2D eigenvalue weighted by atomic mass is 10.3. The molecule has 11 heteroatoms. The maximum absolute atomic E-state index is 12.5. The van der Waals surface area contributed by atoms with Crippen LogP contribution in [0.4, 0.5) is 5.13 Å². The molecule has 1 saturated carbocycles. The number of fused-ring (bicyclic) bond motifs is 1. The predicted molar refractivity (Wildman–Crippen MR) is 115 cm³/mol. The Labute approximate surface area is 187 Å². The Morgan fingerprint density at radius 3 is 2.57 bits per heavy atom. The van der Waals surface area contributed by atoms with Gasteiger partial charge in [-0.3, -0.25) is 4.79 Å². The number of carbonyl (C=O) groups excluding carboxylic acids is 2. The lowest BCUT2D eigenvalue weighted by Crippen LogP contribution is -2.34. The van der Waals surface area contributed by atoms with Gasteiger partial charge in [0.15, 0.2) is 5.13 Å². The van der Waals surface area contributed by atoms with Crippen molar-refractivity contribution in [3.8, 4) is 0 Å². The molecule has 1 unspecified atom stereocenters. The Balaban J connectivity index is 1.39. The molecule has 2 aromatic heterocycles. The normalized spacial score (nSPS) is 22.2. The van der Waals surface area contributed by atoms with E-state index in [-0.39, 0.29) is 29.5 Å². The number of esters is 1. The van der Waals surface area contributed by atoms with Crippen LogP contribution in [0, 0.1) is 18.8 Å². The molecule has 162 valence electrons. The van der Waals surface area contributed by atoms with Gasteiger partial charge in [-0.1, -0.05) is 34.5 Å². The summed E-state index contributed by atoms with van der Waals surface area (Å²) < 4.78 is 10.3.